The summed E-state index contributed by atoms with van der Waals surface area (Å²) in [7, 11) is 2.06. The van der Waals surface area contributed by atoms with Crippen molar-refractivity contribution in [1.82, 2.24) is 15.1 Å². The van der Waals surface area contributed by atoms with Crippen LogP contribution >= 0.6 is 15.9 Å². The third-order valence-electron chi connectivity index (χ3n) is 4.34. The Hall–Kier alpha value is -0.350. The van der Waals surface area contributed by atoms with E-state index < -0.39 is 0 Å². The molecule has 0 amide bonds. The molecule has 0 aliphatic heterocycles. The number of aromatic nitrogens is 2. The molecule has 1 unspecified atom stereocenters. The predicted octanol–water partition coefficient (Wildman–Crippen LogP) is 3.07. The van der Waals surface area contributed by atoms with Crippen molar-refractivity contribution in [3.8, 4) is 0 Å². The Morgan fingerprint density at radius 2 is 2.11 bits per heavy atom. The molecule has 1 aromatic heterocycles. The van der Waals surface area contributed by atoms with Gasteiger partial charge in [0.1, 0.15) is 0 Å². The summed E-state index contributed by atoms with van der Waals surface area (Å²) in [6.07, 6.45) is 4.79. The number of nitrogens with one attached hydrogen (secondary N) is 1. The van der Waals surface area contributed by atoms with Gasteiger partial charge in [0.2, 0.25) is 0 Å². The molecular weight excluding hydrogens is 290 g/mol. The molecule has 1 aliphatic rings. The molecule has 102 valence electrons. The zero-order chi connectivity index (χ0) is 13.3. The molecule has 3 nitrogen and oxygen atoms in total. The number of hydrogen-bond acceptors (Lipinski definition) is 2. The van der Waals surface area contributed by atoms with Crippen LogP contribution in [0.15, 0.2) is 4.47 Å². The summed E-state index contributed by atoms with van der Waals surface area (Å²) in [4.78, 5) is 0. The van der Waals surface area contributed by atoms with Crippen molar-refractivity contribution in [2.45, 2.75) is 52.5 Å². The minimum absolute atomic E-state index is 0.456. The molecule has 0 saturated heterocycles. The lowest BCUT2D eigenvalue weighted by atomic mass is 9.92. The molecule has 18 heavy (non-hydrogen) atoms. The van der Waals surface area contributed by atoms with Crippen molar-refractivity contribution in [2.24, 2.45) is 12.5 Å². The maximum atomic E-state index is 4.60. The van der Waals surface area contributed by atoms with Crippen LogP contribution in [0, 0.1) is 5.41 Å². The molecule has 0 radical (unpaired) electrons. The second-order valence-corrected chi connectivity index (χ2v) is 6.30. The Bertz CT molecular complexity index is 421. The number of hydrogen-bond donors (Lipinski definition) is 1. The lowest BCUT2D eigenvalue weighted by Gasteiger charge is -2.24. The monoisotopic (exact) mass is 313 g/mol. The summed E-state index contributed by atoms with van der Waals surface area (Å²) in [6, 6.07) is 0.592. The first-order valence-corrected chi connectivity index (χ1v) is 7.77. The lowest BCUT2D eigenvalue weighted by molar-refractivity contribution is 0.348. The van der Waals surface area contributed by atoms with Gasteiger partial charge in [-0.1, -0.05) is 13.8 Å². The lowest BCUT2D eigenvalue weighted by Crippen LogP contribution is -2.36. The zero-order valence-corrected chi connectivity index (χ0v) is 13.5. The molecule has 2 rings (SSSR count). The summed E-state index contributed by atoms with van der Waals surface area (Å²) >= 11 is 3.73. The van der Waals surface area contributed by atoms with Gasteiger partial charge in [0.25, 0.3) is 0 Å². The third-order valence-corrected chi connectivity index (χ3v) is 5.26. The smallest absolute Gasteiger partial charge is 0.0766 e. The molecule has 1 aliphatic carbocycles. The molecule has 0 spiro atoms. The van der Waals surface area contributed by atoms with E-state index in [0.717, 1.165) is 19.4 Å². The summed E-state index contributed by atoms with van der Waals surface area (Å²) < 4.78 is 3.28. The Morgan fingerprint density at radius 3 is 2.56 bits per heavy atom. The van der Waals surface area contributed by atoms with Gasteiger partial charge in [-0.3, -0.25) is 4.68 Å². The molecule has 1 fully saturated rings. The molecule has 1 heterocycles. The summed E-state index contributed by atoms with van der Waals surface area (Å²) in [6.45, 7) is 7.71. The van der Waals surface area contributed by atoms with E-state index in [1.54, 1.807) is 0 Å². The highest BCUT2D eigenvalue weighted by atomic mass is 79.9. The van der Waals surface area contributed by atoms with Gasteiger partial charge in [-0.15, -0.1) is 0 Å². The molecule has 1 saturated carbocycles. The van der Waals surface area contributed by atoms with Crippen LogP contribution in [0.4, 0.5) is 0 Å². The normalized spacial score (nSPS) is 18.9. The first kappa shape index (κ1) is 14.1. The molecule has 0 aromatic carbocycles. The predicted molar refractivity (Wildman–Crippen MR) is 78.8 cm³/mol. The number of halogens is 1. The van der Waals surface area contributed by atoms with Crippen molar-refractivity contribution in [3.05, 3.63) is 15.9 Å². The van der Waals surface area contributed by atoms with Crippen molar-refractivity contribution in [3.63, 3.8) is 0 Å². The summed E-state index contributed by atoms with van der Waals surface area (Å²) in [5.74, 6) is 0. The van der Waals surface area contributed by atoms with Crippen LogP contribution in [0.3, 0.4) is 0 Å². The van der Waals surface area contributed by atoms with Crippen molar-refractivity contribution in [1.29, 1.82) is 0 Å². The number of aryl methyl sites for hydroxylation is 2. The Labute approximate surface area is 118 Å². The van der Waals surface area contributed by atoms with Crippen LogP contribution in [0.5, 0.6) is 0 Å². The average Bonchev–Trinajstić information content (AvgIpc) is 3.08. The zero-order valence-electron chi connectivity index (χ0n) is 11.9. The maximum Gasteiger partial charge on any atom is 0.0766 e. The van der Waals surface area contributed by atoms with Gasteiger partial charge >= 0.3 is 0 Å². The molecule has 0 bridgehead atoms. The number of rotatable bonds is 6. The second-order valence-electron chi connectivity index (χ2n) is 5.50. The quantitative estimate of drug-likeness (QED) is 0.874. The van der Waals surface area contributed by atoms with Gasteiger partial charge in [-0.2, -0.15) is 5.10 Å². The van der Waals surface area contributed by atoms with Gasteiger partial charge in [0.05, 0.1) is 15.9 Å². The Morgan fingerprint density at radius 1 is 1.44 bits per heavy atom. The van der Waals surface area contributed by atoms with Crippen molar-refractivity contribution >= 4 is 15.9 Å². The van der Waals surface area contributed by atoms with Crippen LogP contribution < -0.4 is 5.32 Å². The second kappa shape index (κ2) is 5.33. The van der Waals surface area contributed by atoms with Gasteiger partial charge in [0.15, 0.2) is 0 Å². The largest absolute Gasteiger partial charge is 0.314 e. The topological polar surface area (TPSA) is 29.9 Å². The van der Waals surface area contributed by atoms with E-state index >= 15 is 0 Å². The van der Waals surface area contributed by atoms with E-state index in [2.05, 4.69) is 58.8 Å². The SMILES string of the molecule is CCNC(C)C1(Cc2c(Br)c(CC)nn2C)CC1. The first-order chi connectivity index (χ1) is 8.54. The maximum absolute atomic E-state index is 4.60. The van der Waals surface area contributed by atoms with E-state index in [9.17, 15) is 0 Å². The molecule has 1 aromatic rings. The number of nitrogens with zero attached hydrogens (tertiary/aromatic N) is 2. The van der Waals surface area contributed by atoms with Crippen molar-refractivity contribution in [2.75, 3.05) is 6.54 Å². The fraction of sp³-hybridized carbons (Fsp3) is 0.786. The highest BCUT2D eigenvalue weighted by molar-refractivity contribution is 9.10. The highest BCUT2D eigenvalue weighted by Gasteiger charge is 2.47. The molecule has 1 N–H and O–H groups in total. The summed E-state index contributed by atoms with van der Waals surface area (Å²) in [5, 5.41) is 8.18. The van der Waals surface area contributed by atoms with E-state index in [1.807, 2.05) is 0 Å². The highest BCUT2D eigenvalue weighted by Crippen LogP contribution is 2.52. The molecule has 1 atom stereocenters. The van der Waals surface area contributed by atoms with E-state index in [4.69, 9.17) is 0 Å². The van der Waals surface area contributed by atoms with Gasteiger partial charge < -0.3 is 5.32 Å². The van der Waals surface area contributed by atoms with Crippen LogP contribution in [-0.2, 0) is 19.9 Å². The Balaban J connectivity index is 2.17. The minimum Gasteiger partial charge on any atom is -0.314 e. The van der Waals surface area contributed by atoms with Crippen LogP contribution in [-0.4, -0.2) is 22.4 Å². The van der Waals surface area contributed by atoms with Crippen LogP contribution in [0.25, 0.3) is 0 Å². The first-order valence-electron chi connectivity index (χ1n) is 6.97. The van der Waals surface area contributed by atoms with E-state index in [-0.39, 0.29) is 0 Å². The fourth-order valence-electron chi connectivity index (χ4n) is 2.79. The van der Waals surface area contributed by atoms with Gasteiger partial charge in [0, 0.05) is 13.1 Å². The van der Waals surface area contributed by atoms with Crippen molar-refractivity contribution < 1.29 is 0 Å². The van der Waals surface area contributed by atoms with Gasteiger partial charge in [-0.05, 0) is 60.5 Å². The summed E-state index contributed by atoms with van der Waals surface area (Å²) in [5.41, 5.74) is 2.99. The van der Waals surface area contributed by atoms with Crippen LogP contribution in [0.1, 0.15) is 45.0 Å². The standard InChI is InChI=1S/C14H24BrN3/c1-5-11-13(15)12(18(4)17-11)9-14(7-8-14)10(3)16-6-2/h10,16H,5-9H2,1-4H3. The van der Waals surface area contributed by atoms with E-state index in [0.29, 0.717) is 11.5 Å². The molecular formula is C14H24BrN3. The fourth-order valence-corrected chi connectivity index (χ4v) is 3.55. The Kier molecular flexibility index (Phi) is 4.17. The van der Waals surface area contributed by atoms with E-state index in [1.165, 1.54) is 28.7 Å². The van der Waals surface area contributed by atoms with Gasteiger partial charge in [-0.25, -0.2) is 0 Å². The third kappa shape index (κ3) is 2.50. The molecule has 4 heteroatoms. The van der Waals surface area contributed by atoms with Crippen LogP contribution in [0.2, 0.25) is 0 Å². The average molecular weight is 314 g/mol. The minimum atomic E-state index is 0.456.